The van der Waals surface area contributed by atoms with Gasteiger partial charge in [-0.25, -0.2) is 4.99 Å². The van der Waals surface area contributed by atoms with Gasteiger partial charge in [-0.05, 0) is 61.4 Å². The molecule has 33 heavy (non-hydrogen) atoms. The number of amidine groups is 1. The molecule has 5 nitrogen and oxygen atoms in total. The van der Waals surface area contributed by atoms with Crippen LogP contribution in [0, 0.1) is 0 Å². The van der Waals surface area contributed by atoms with Gasteiger partial charge in [0.2, 0.25) is 0 Å². The van der Waals surface area contributed by atoms with Crippen LogP contribution in [0.2, 0.25) is 20.1 Å². The van der Waals surface area contributed by atoms with Crippen LogP contribution in [-0.4, -0.2) is 18.9 Å². The van der Waals surface area contributed by atoms with E-state index in [1.807, 2.05) is 18.2 Å². The Morgan fingerprint density at radius 3 is 2.24 bits per heavy atom. The molecule has 3 aromatic rings. The molecule has 0 saturated carbocycles. The topological polar surface area (TPSA) is 65.7 Å². The zero-order valence-corrected chi connectivity index (χ0v) is 20.5. The summed E-state index contributed by atoms with van der Waals surface area (Å²) in [7, 11) is 0. The third kappa shape index (κ3) is 4.36. The van der Waals surface area contributed by atoms with Crippen molar-refractivity contribution in [2.75, 3.05) is 28.6 Å². The van der Waals surface area contributed by atoms with Gasteiger partial charge < -0.3 is 15.5 Å². The van der Waals surface area contributed by atoms with Gasteiger partial charge in [-0.2, -0.15) is 0 Å². The molecule has 1 fully saturated rings. The first-order valence-corrected chi connectivity index (χ1v) is 12.1. The third-order valence-corrected chi connectivity index (χ3v) is 7.43. The standard InChI is InChI=1S/C24H21Cl4N5/c25-17-6-3-14(11-19(17)27)24(29)23(30-15-4-7-18(26)20(28)12-15)31-22-13-16(5-8-21(22)32-24)33-9-1-2-10-33/h3-8,11-13,32H,1-2,9-10,29H2,(H,30,31). The van der Waals surface area contributed by atoms with Crippen molar-refractivity contribution < 1.29 is 0 Å². The number of fused-ring (bicyclic) bond motifs is 1. The van der Waals surface area contributed by atoms with E-state index in [1.54, 1.807) is 24.3 Å². The molecule has 2 aliphatic heterocycles. The number of nitrogens with one attached hydrogen (secondary N) is 2. The van der Waals surface area contributed by atoms with E-state index in [0.717, 1.165) is 30.2 Å². The zero-order valence-electron chi connectivity index (χ0n) is 17.5. The van der Waals surface area contributed by atoms with Gasteiger partial charge in [0.25, 0.3) is 0 Å². The number of hydrogen-bond donors (Lipinski definition) is 3. The van der Waals surface area contributed by atoms with Crippen molar-refractivity contribution in [2.24, 2.45) is 10.7 Å². The Bertz CT molecular complexity index is 1260. The minimum atomic E-state index is -1.19. The highest BCUT2D eigenvalue weighted by molar-refractivity contribution is 6.42. The summed E-state index contributed by atoms with van der Waals surface area (Å²) < 4.78 is 0. The van der Waals surface area contributed by atoms with Crippen LogP contribution in [0.4, 0.5) is 22.7 Å². The Kier molecular flexibility index (Phi) is 6.10. The molecule has 0 radical (unpaired) electrons. The zero-order chi connectivity index (χ0) is 23.2. The summed E-state index contributed by atoms with van der Waals surface area (Å²) in [5.74, 6) is 0.491. The highest BCUT2D eigenvalue weighted by atomic mass is 35.5. The lowest BCUT2D eigenvalue weighted by Crippen LogP contribution is -2.55. The smallest absolute Gasteiger partial charge is 0.172 e. The monoisotopic (exact) mass is 519 g/mol. The van der Waals surface area contributed by atoms with E-state index in [2.05, 4.69) is 27.7 Å². The molecule has 9 heteroatoms. The molecule has 1 unspecified atom stereocenters. The predicted octanol–water partition coefficient (Wildman–Crippen LogP) is 7.28. The summed E-state index contributed by atoms with van der Waals surface area (Å²) in [6.45, 7) is 2.10. The average molecular weight is 521 g/mol. The molecule has 1 saturated heterocycles. The highest BCUT2D eigenvalue weighted by Crippen LogP contribution is 2.40. The van der Waals surface area contributed by atoms with Gasteiger partial charge in [0.15, 0.2) is 11.5 Å². The van der Waals surface area contributed by atoms with Crippen molar-refractivity contribution in [3.63, 3.8) is 0 Å². The van der Waals surface area contributed by atoms with Gasteiger partial charge in [-0.3, -0.25) is 5.73 Å². The number of benzene rings is 3. The Hall–Kier alpha value is -2.15. The minimum Gasteiger partial charge on any atom is -0.371 e. The number of halogens is 4. The molecule has 1 atom stereocenters. The van der Waals surface area contributed by atoms with Crippen molar-refractivity contribution in [3.8, 4) is 0 Å². The Morgan fingerprint density at radius 2 is 1.55 bits per heavy atom. The molecule has 0 aliphatic carbocycles. The summed E-state index contributed by atoms with van der Waals surface area (Å²) in [5.41, 5.74) is 9.94. The quantitative estimate of drug-likeness (QED) is 0.339. The second-order valence-corrected chi connectivity index (χ2v) is 9.80. The maximum atomic E-state index is 6.96. The fourth-order valence-corrected chi connectivity index (χ4v) is 4.75. The fourth-order valence-electron chi connectivity index (χ4n) is 4.16. The molecule has 0 amide bonds. The maximum absolute atomic E-state index is 6.96. The minimum absolute atomic E-state index is 0.407. The van der Waals surface area contributed by atoms with Crippen LogP contribution in [0.1, 0.15) is 18.4 Å². The first kappa shape index (κ1) is 22.6. The Labute approximate surface area is 212 Å². The van der Waals surface area contributed by atoms with E-state index < -0.39 is 5.66 Å². The van der Waals surface area contributed by atoms with Crippen LogP contribution < -0.4 is 21.3 Å². The number of aliphatic imine (C=N–C) groups is 1. The number of anilines is 3. The van der Waals surface area contributed by atoms with Crippen LogP contribution in [0.3, 0.4) is 0 Å². The molecule has 2 aliphatic rings. The molecule has 0 bridgehead atoms. The normalized spacial score (nSPS) is 19.7. The maximum Gasteiger partial charge on any atom is 0.172 e. The van der Waals surface area contributed by atoms with E-state index in [9.17, 15) is 0 Å². The molecule has 2 heterocycles. The molecule has 0 spiro atoms. The van der Waals surface area contributed by atoms with Gasteiger partial charge >= 0.3 is 0 Å². The number of nitrogens with two attached hydrogens (primary N) is 1. The van der Waals surface area contributed by atoms with E-state index in [1.165, 1.54) is 12.8 Å². The summed E-state index contributed by atoms with van der Waals surface area (Å²) in [5, 5.41) is 8.54. The van der Waals surface area contributed by atoms with E-state index in [-0.39, 0.29) is 0 Å². The van der Waals surface area contributed by atoms with Crippen LogP contribution in [0.5, 0.6) is 0 Å². The first-order chi connectivity index (χ1) is 15.8. The van der Waals surface area contributed by atoms with Gasteiger partial charge in [0.1, 0.15) is 0 Å². The van der Waals surface area contributed by atoms with Crippen molar-refractivity contribution in [1.29, 1.82) is 0 Å². The number of nitrogens with zero attached hydrogens (tertiary/aromatic N) is 2. The van der Waals surface area contributed by atoms with Gasteiger partial charge in [-0.1, -0.05) is 52.5 Å². The summed E-state index contributed by atoms with van der Waals surface area (Å²) in [6.07, 6.45) is 2.40. The van der Waals surface area contributed by atoms with Crippen LogP contribution >= 0.6 is 46.4 Å². The lowest BCUT2D eigenvalue weighted by atomic mass is 9.95. The van der Waals surface area contributed by atoms with Crippen molar-refractivity contribution in [1.82, 2.24) is 0 Å². The van der Waals surface area contributed by atoms with E-state index in [0.29, 0.717) is 37.2 Å². The average Bonchev–Trinajstić information content (AvgIpc) is 3.33. The first-order valence-electron chi connectivity index (χ1n) is 10.6. The number of rotatable bonds is 3. The van der Waals surface area contributed by atoms with Gasteiger partial charge in [-0.15, -0.1) is 0 Å². The SMILES string of the molecule is NC1(c2ccc(Cl)c(Cl)c2)Nc2ccc(N3CCCC3)cc2N=C1Nc1ccc(Cl)c(Cl)c1. The third-order valence-electron chi connectivity index (χ3n) is 5.95. The van der Waals surface area contributed by atoms with Gasteiger partial charge in [0, 0.05) is 30.0 Å². The lowest BCUT2D eigenvalue weighted by Gasteiger charge is -2.37. The molecular formula is C24H21Cl4N5. The summed E-state index contributed by atoms with van der Waals surface area (Å²) in [6, 6.07) is 16.8. The molecule has 4 N–H and O–H groups in total. The predicted molar refractivity (Wildman–Crippen MR) is 141 cm³/mol. The molecule has 170 valence electrons. The second kappa shape index (κ2) is 8.90. The second-order valence-electron chi connectivity index (χ2n) is 8.17. The van der Waals surface area contributed by atoms with Crippen LogP contribution in [-0.2, 0) is 5.66 Å². The Balaban J connectivity index is 1.60. The summed E-state index contributed by atoms with van der Waals surface area (Å²) in [4.78, 5) is 7.31. The number of hydrogen-bond acceptors (Lipinski definition) is 5. The van der Waals surface area contributed by atoms with Crippen molar-refractivity contribution in [2.45, 2.75) is 18.5 Å². The van der Waals surface area contributed by atoms with Crippen LogP contribution in [0.25, 0.3) is 0 Å². The fraction of sp³-hybridized carbons (Fsp3) is 0.208. The largest absolute Gasteiger partial charge is 0.371 e. The lowest BCUT2D eigenvalue weighted by molar-refractivity contribution is 0.687. The molecular weight excluding hydrogens is 500 g/mol. The van der Waals surface area contributed by atoms with Crippen molar-refractivity contribution >= 4 is 75.0 Å². The van der Waals surface area contributed by atoms with Crippen LogP contribution in [0.15, 0.2) is 59.6 Å². The Morgan fingerprint density at radius 1 is 0.848 bits per heavy atom. The van der Waals surface area contributed by atoms with E-state index in [4.69, 9.17) is 57.1 Å². The molecule has 3 aromatic carbocycles. The molecule has 0 aromatic heterocycles. The highest BCUT2D eigenvalue weighted by Gasteiger charge is 2.38. The van der Waals surface area contributed by atoms with Gasteiger partial charge in [0.05, 0.1) is 31.5 Å². The molecule has 5 rings (SSSR count). The summed E-state index contributed by atoms with van der Waals surface area (Å²) >= 11 is 24.8. The van der Waals surface area contributed by atoms with Crippen molar-refractivity contribution in [3.05, 3.63) is 80.3 Å². The van der Waals surface area contributed by atoms with E-state index >= 15 is 0 Å².